The Labute approximate surface area is 387 Å². The molecule has 15 heteroatoms. The van der Waals surface area contributed by atoms with Gasteiger partial charge < -0.3 is 39.5 Å². The molecule has 1 aliphatic heterocycles. The fourth-order valence-electron chi connectivity index (χ4n) is 8.54. The Bertz CT molecular complexity index is 1250. The standard InChI is InChI=1S/C49H92NO13P/c1-4-7-10-13-16-19-21-24-27-30-33-36-42(52)50-45-47(46(63-64(57,58)59)41(39-51)61-48(45)49(55)56)62-44(54)38-40(35-32-29-26-23-18-15-12-9-6-3)60-43(53)37-34-31-28-25-22-20-17-14-11-8-5-2/h40-41,45-48,51H,4-39H2,1-3H3,(H,50,52)(H,55,56)(H2,57,58,59)/t40?,41-,45-,46-,47-,48+/m1/s1. The van der Waals surface area contributed by atoms with Gasteiger partial charge in [-0.2, -0.15) is 0 Å². The van der Waals surface area contributed by atoms with Crippen molar-refractivity contribution in [3.63, 3.8) is 0 Å². The molecule has 5 N–H and O–H groups in total. The number of unbranched alkanes of at least 4 members (excludes halogenated alkanes) is 28. The number of carboxylic acids is 1. The van der Waals surface area contributed by atoms with Gasteiger partial charge in [0.05, 0.1) is 13.0 Å². The van der Waals surface area contributed by atoms with E-state index in [9.17, 15) is 43.7 Å². The number of amides is 1. The van der Waals surface area contributed by atoms with E-state index in [-0.39, 0.29) is 12.8 Å². The third kappa shape index (κ3) is 31.0. The van der Waals surface area contributed by atoms with Crippen LogP contribution < -0.4 is 5.32 Å². The van der Waals surface area contributed by atoms with Gasteiger partial charge in [-0.1, -0.05) is 201 Å². The summed E-state index contributed by atoms with van der Waals surface area (Å²) in [5.74, 6) is -3.49. The summed E-state index contributed by atoms with van der Waals surface area (Å²) in [5, 5.41) is 22.9. The number of aliphatic carboxylic acids is 1. The van der Waals surface area contributed by atoms with Crippen molar-refractivity contribution in [1.29, 1.82) is 0 Å². The van der Waals surface area contributed by atoms with E-state index in [0.717, 1.165) is 70.6 Å². The fourth-order valence-corrected chi connectivity index (χ4v) is 9.11. The molecule has 6 atom stereocenters. The van der Waals surface area contributed by atoms with Gasteiger partial charge in [0.25, 0.3) is 0 Å². The van der Waals surface area contributed by atoms with Crippen molar-refractivity contribution in [3.8, 4) is 0 Å². The lowest BCUT2D eigenvalue weighted by Gasteiger charge is -2.44. The van der Waals surface area contributed by atoms with E-state index in [1.807, 2.05) is 0 Å². The number of aliphatic hydroxyl groups excluding tert-OH is 1. The summed E-state index contributed by atoms with van der Waals surface area (Å²) in [6, 6.07) is -1.62. The highest BCUT2D eigenvalue weighted by atomic mass is 31.2. The second-order valence-corrected chi connectivity index (χ2v) is 19.4. The van der Waals surface area contributed by atoms with Gasteiger partial charge in [0.15, 0.2) is 12.2 Å². The molecule has 1 fully saturated rings. The Kier molecular flexibility index (Phi) is 36.5. The summed E-state index contributed by atoms with van der Waals surface area (Å²) in [7, 11) is -5.33. The number of aliphatic hydroxyl groups is 1. The largest absolute Gasteiger partial charge is 0.479 e. The van der Waals surface area contributed by atoms with Crippen LogP contribution in [-0.2, 0) is 42.5 Å². The topological polar surface area (TPSA) is 215 Å². The van der Waals surface area contributed by atoms with Crippen molar-refractivity contribution < 1.29 is 62.5 Å². The van der Waals surface area contributed by atoms with Gasteiger partial charge in [0.2, 0.25) is 5.91 Å². The van der Waals surface area contributed by atoms with Crippen LogP contribution in [0.25, 0.3) is 0 Å². The first kappa shape index (κ1) is 59.9. The van der Waals surface area contributed by atoms with E-state index < -0.39 is 81.2 Å². The molecule has 1 saturated heterocycles. The maximum Gasteiger partial charge on any atom is 0.470 e. The molecule has 14 nitrogen and oxygen atoms in total. The number of carbonyl (C=O) groups is 4. The van der Waals surface area contributed by atoms with Crippen molar-refractivity contribution in [1.82, 2.24) is 5.32 Å². The van der Waals surface area contributed by atoms with Gasteiger partial charge in [-0.15, -0.1) is 0 Å². The summed E-state index contributed by atoms with van der Waals surface area (Å²) in [6.45, 7) is 5.67. The van der Waals surface area contributed by atoms with Crippen LogP contribution >= 0.6 is 7.82 Å². The van der Waals surface area contributed by atoms with Crippen LogP contribution in [0, 0.1) is 0 Å². The Morgan fingerprint density at radius 1 is 0.578 bits per heavy atom. The molecular formula is C49H92NO13P. The van der Waals surface area contributed by atoms with Crippen LogP contribution in [-0.4, -0.2) is 87.0 Å². The molecule has 1 amide bonds. The maximum atomic E-state index is 13.8. The van der Waals surface area contributed by atoms with Gasteiger partial charge in [-0.3, -0.25) is 18.9 Å². The molecular weight excluding hydrogens is 842 g/mol. The molecule has 1 aliphatic rings. The highest BCUT2D eigenvalue weighted by Gasteiger charge is 2.53. The monoisotopic (exact) mass is 934 g/mol. The summed E-state index contributed by atoms with van der Waals surface area (Å²) < 4.78 is 34.4. The number of hydrogen-bond acceptors (Lipinski definition) is 10. The summed E-state index contributed by atoms with van der Waals surface area (Å²) in [6.07, 6.45) is 26.1. The Hall–Kier alpha value is -2.09. The van der Waals surface area contributed by atoms with Gasteiger partial charge in [-0.05, 0) is 25.7 Å². The number of nitrogens with one attached hydrogen (secondary N) is 1. The van der Waals surface area contributed by atoms with Crippen LogP contribution in [0.2, 0.25) is 0 Å². The second kappa shape index (κ2) is 39.0. The average molecular weight is 934 g/mol. The number of carbonyl (C=O) groups excluding carboxylic acids is 3. The lowest BCUT2D eigenvalue weighted by molar-refractivity contribution is -0.215. The van der Waals surface area contributed by atoms with Crippen LogP contribution in [0.1, 0.15) is 245 Å². The average Bonchev–Trinajstić information content (AvgIpc) is 3.24. The highest BCUT2D eigenvalue weighted by Crippen LogP contribution is 2.42. The predicted molar refractivity (Wildman–Crippen MR) is 251 cm³/mol. The molecule has 0 aromatic carbocycles. The minimum absolute atomic E-state index is 0.0316. The highest BCUT2D eigenvalue weighted by molar-refractivity contribution is 7.46. The minimum Gasteiger partial charge on any atom is -0.479 e. The summed E-state index contributed by atoms with van der Waals surface area (Å²) >= 11 is 0. The van der Waals surface area contributed by atoms with E-state index in [0.29, 0.717) is 25.7 Å². The van der Waals surface area contributed by atoms with Crippen LogP contribution in [0.5, 0.6) is 0 Å². The number of hydrogen-bond donors (Lipinski definition) is 5. The molecule has 1 heterocycles. The van der Waals surface area contributed by atoms with Crippen molar-refractivity contribution in [3.05, 3.63) is 0 Å². The van der Waals surface area contributed by atoms with Crippen LogP contribution in [0.4, 0.5) is 0 Å². The van der Waals surface area contributed by atoms with Crippen molar-refractivity contribution in [2.45, 2.75) is 282 Å². The second-order valence-electron chi connectivity index (χ2n) is 18.2. The zero-order valence-corrected chi connectivity index (χ0v) is 41.2. The quantitative estimate of drug-likeness (QED) is 0.0219. The zero-order valence-electron chi connectivity index (χ0n) is 40.3. The normalized spacial score (nSPS) is 19.3. The van der Waals surface area contributed by atoms with E-state index in [4.69, 9.17) is 18.7 Å². The van der Waals surface area contributed by atoms with Gasteiger partial charge >= 0.3 is 25.7 Å². The molecule has 0 radical (unpaired) electrons. The molecule has 0 bridgehead atoms. The third-order valence-corrected chi connectivity index (χ3v) is 12.8. The number of carboxylic acid groups (broad SMARTS) is 1. The van der Waals surface area contributed by atoms with E-state index in [1.165, 1.54) is 109 Å². The first-order valence-electron chi connectivity index (χ1n) is 25.8. The van der Waals surface area contributed by atoms with Gasteiger partial charge in [0, 0.05) is 12.8 Å². The molecule has 376 valence electrons. The van der Waals surface area contributed by atoms with Crippen molar-refractivity contribution in [2.24, 2.45) is 0 Å². The molecule has 0 aromatic heterocycles. The summed E-state index contributed by atoms with van der Waals surface area (Å²) in [4.78, 5) is 72.4. The predicted octanol–water partition coefficient (Wildman–Crippen LogP) is 11.3. The molecule has 0 aliphatic carbocycles. The SMILES string of the molecule is CCCCCCCCCCCCCC(=O)N[C@@H]1[C@@H](OC(=O)CC(CCCCCCCCCCC)OC(=O)CCCCCCCCCCCCC)[C@H](OP(=O)(O)O)[C@@H](CO)O[C@@H]1C(=O)O. The molecule has 0 spiro atoms. The Balaban J connectivity index is 3.01. The minimum atomic E-state index is -5.33. The third-order valence-electron chi connectivity index (χ3n) is 12.3. The van der Waals surface area contributed by atoms with Gasteiger partial charge in [0.1, 0.15) is 24.4 Å². The van der Waals surface area contributed by atoms with E-state index in [1.54, 1.807) is 0 Å². The lowest BCUT2D eigenvalue weighted by atomic mass is 9.92. The number of phosphoric ester groups is 1. The number of rotatable bonds is 43. The molecule has 0 aromatic rings. The van der Waals surface area contributed by atoms with Gasteiger partial charge in [-0.25, -0.2) is 9.36 Å². The smallest absolute Gasteiger partial charge is 0.470 e. The molecule has 0 saturated carbocycles. The lowest BCUT2D eigenvalue weighted by Crippen LogP contribution is -2.67. The number of ether oxygens (including phenoxy) is 3. The molecule has 64 heavy (non-hydrogen) atoms. The number of phosphoric acid groups is 1. The molecule has 1 unspecified atom stereocenters. The fraction of sp³-hybridized carbons (Fsp3) is 0.918. The summed E-state index contributed by atoms with van der Waals surface area (Å²) in [5.41, 5.74) is 0. The Morgan fingerprint density at radius 3 is 1.39 bits per heavy atom. The Morgan fingerprint density at radius 2 is 0.984 bits per heavy atom. The first-order chi connectivity index (χ1) is 30.9. The van der Waals surface area contributed by atoms with Crippen LogP contribution in [0.3, 0.4) is 0 Å². The maximum absolute atomic E-state index is 13.8. The van der Waals surface area contributed by atoms with Crippen molar-refractivity contribution in [2.75, 3.05) is 6.61 Å². The molecule has 1 rings (SSSR count). The van der Waals surface area contributed by atoms with Crippen molar-refractivity contribution >= 4 is 31.6 Å². The van der Waals surface area contributed by atoms with Crippen LogP contribution in [0.15, 0.2) is 0 Å². The van der Waals surface area contributed by atoms with E-state index >= 15 is 0 Å². The zero-order chi connectivity index (χ0) is 47.3. The van der Waals surface area contributed by atoms with E-state index in [2.05, 4.69) is 26.1 Å². The number of esters is 2. The first-order valence-corrected chi connectivity index (χ1v) is 27.3.